The molecule has 9 nitrogen and oxygen atoms in total. The summed E-state index contributed by atoms with van der Waals surface area (Å²) >= 11 is 6.00. The molecule has 2 aromatic rings. The number of ether oxygens (including phenoxy) is 2. The van der Waals surface area contributed by atoms with Crippen LogP contribution in [0.2, 0.25) is 5.15 Å². The van der Waals surface area contributed by atoms with Crippen molar-refractivity contribution in [2.45, 2.75) is 52.7 Å². The molecule has 0 atom stereocenters. The first-order valence-corrected chi connectivity index (χ1v) is 8.37. The Kier molecular flexibility index (Phi) is 5.46. The van der Waals surface area contributed by atoms with Gasteiger partial charge < -0.3 is 14.0 Å². The first-order chi connectivity index (χ1) is 12.3. The predicted octanol–water partition coefficient (Wildman–Crippen LogP) is 4.37. The summed E-state index contributed by atoms with van der Waals surface area (Å²) in [5.74, 6) is -0.193. The average Bonchev–Trinajstić information content (AvgIpc) is 2.86. The summed E-state index contributed by atoms with van der Waals surface area (Å²) in [5.41, 5.74) is -1.86. The molecular weight excluding hydrogens is 378 g/mol. The van der Waals surface area contributed by atoms with Gasteiger partial charge in [-0.05, 0) is 41.5 Å². The van der Waals surface area contributed by atoms with Crippen molar-refractivity contribution in [3.8, 4) is 0 Å². The molecule has 10 heteroatoms. The zero-order valence-corrected chi connectivity index (χ0v) is 16.6. The van der Waals surface area contributed by atoms with Crippen molar-refractivity contribution < 1.29 is 28.4 Å². The van der Waals surface area contributed by atoms with Crippen molar-refractivity contribution in [2.24, 2.45) is 0 Å². The molecule has 2 aromatic heterocycles. The van der Waals surface area contributed by atoms with Gasteiger partial charge in [-0.25, -0.2) is 14.6 Å². The maximum absolute atomic E-state index is 12.7. The maximum Gasteiger partial charge on any atom is 0.424 e. The van der Waals surface area contributed by atoms with Crippen LogP contribution in [0.15, 0.2) is 10.6 Å². The molecular formula is C17H20ClN3O6. The van der Waals surface area contributed by atoms with E-state index in [1.54, 1.807) is 41.5 Å². The van der Waals surface area contributed by atoms with E-state index >= 15 is 0 Å². The van der Waals surface area contributed by atoms with Crippen molar-refractivity contribution in [1.82, 2.24) is 10.1 Å². The Labute approximate surface area is 160 Å². The van der Waals surface area contributed by atoms with Crippen LogP contribution < -0.4 is 4.90 Å². The highest BCUT2D eigenvalue weighted by Crippen LogP contribution is 2.31. The molecule has 0 saturated heterocycles. The highest BCUT2D eigenvalue weighted by atomic mass is 35.5. The lowest BCUT2D eigenvalue weighted by atomic mass is 10.2. The maximum atomic E-state index is 12.7. The summed E-state index contributed by atoms with van der Waals surface area (Å²) in [4.78, 5) is 41.2. The number of aldehydes is 1. The number of halogens is 1. The number of aromatic nitrogens is 2. The van der Waals surface area contributed by atoms with Crippen LogP contribution in [0.25, 0.3) is 11.0 Å². The minimum Gasteiger partial charge on any atom is -0.443 e. The number of hydrogen-bond donors (Lipinski definition) is 0. The lowest BCUT2D eigenvalue weighted by Gasteiger charge is -2.28. The van der Waals surface area contributed by atoms with E-state index in [0.717, 1.165) is 0 Å². The third-order valence-electron chi connectivity index (χ3n) is 2.91. The van der Waals surface area contributed by atoms with Gasteiger partial charge in [-0.1, -0.05) is 16.8 Å². The molecule has 0 saturated carbocycles. The molecule has 0 aliphatic rings. The largest absolute Gasteiger partial charge is 0.443 e. The van der Waals surface area contributed by atoms with Crippen LogP contribution in [0.3, 0.4) is 0 Å². The number of hydrogen-bond acceptors (Lipinski definition) is 8. The monoisotopic (exact) mass is 397 g/mol. The van der Waals surface area contributed by atoms with E-state index in [1.165, 1.54) is 6.07 Å². The van der Waals surface area contributed by atoms with Gasteiger partial charge in [0.25, 0.3) is 0 Å². The summed E-state index contributed by atoms with van der Waals surface area (Å²) in [5, 5.41) is 3.64. The lowest BCUT2D eigenvalue weighted by molar-refractivity contribution is 0.0431. The average molecular weight is 398 g/mol. The molecule has 146 valence electrons. The number of imide groups is 1. The topological polar surface area (TPSA) is 112 Å². The Morgan fingerprint density at radius 2 is 1.59 bits per heavy atom. The van der Waals surface area contributed by atoms with E-state index in [-0.39, 0.29) is 27.6 Å². The Balaban J connectivity index is 2.64. The molecule has 0 bridgehead atoms. The highest BCUT2D eigenvalue weighted by Gasteiger charge is 2.35. The van der Waals surface area contributed by atoms with Crippen LogP contribution in [0, 0.1) is 0 Å². The van der Waals surface area contributed by atoms with Gasteiger partial charge in [0.2, 0.25) is 5.76 Å². The number of nitrogens with zero attached hydrogens (tertiary/aromatic N) is 3. The second-order valence-electron chi connectivity index (χ2n) is 7.62. The van der Waals surface area contributed by atoms with Crippen molar-refractivity contribution in [3.05, 3.63) is 17.0 Å². The van der Waals surface area contributed by atoms with Crippen molar-refractivity contribution in [3.63, 3.8) is 0 Å². The number of carbonyl (C=O) groups excluding carboxylic acids is 3. The van der Waals surface area contributed by atoms with Crippen LogP contribution >= 0.6 is 11.6 Å². The molecule has 0 aliphatic carbocycles. The number of fused-ring (bicyclic) bond motifs is 1. The van der Waals surface area contributed by atoms with Crippen LogP contribution in [-0.4, -0.2) is 39.8 Å². The molecule has 0 radical (unpaired) electrons. The number of rotatable bonds is 2. The van der Waals surface area contributed by atoms with Gasteiger partial charge in [0.05, 0.1) is 5.69 Å². The van der Waals surface area contributed by atoms with Gasteiger partial charge in [0, 0.05) is 6.07 Å². The SMILES string of the molecule is CC(C)(C)OC(=O)N(C(=O)OC(C)(C)C)c1cc(Cl)nc2c(C=O)onc12. The zero-order valence-electron chi connectivity index (χ0n) is 15.8. The van der Waals surface area contributed by atoms with E-state index in [0.29, 0.717) is 11.2 Å². The summed E-state index contributed by atoms with van der Waals surface area (Å²) in [6.07, 6.45) is -1.61. The second kappa shape index (κ2) is 7.15. The summed E-state index contributed by atoms with van der Waals surface area (Å²) in [6.45, 7) is 9.88. The van der Waals surface area contributed by atoms with Crippen LogP contribution in [0.1, 0.15) is 52.1 Å². The van der Waals surface area contributed by atoms with Gasteiger partial charge >= 0.3 is 12.2 Å². The summed E-state index contributed by atoms with van der Waals surface area (Å²) in [7, 11) is 0. The van der Waals surface area contributed by atoms with Crippen LogP contribution in [-0.2, 0) is 9.47 Å². The molecule has 0 aromatic carbocycles. The van der Waals surface area contributed by atoms with Crippen LogP contribution in [0.5, 0.6) is 0 Å². The fourth-order valence-electron chi connectivity index (χ4n) is 2.03. The molecule has 0 fully saturated rings. The van der Waals surface area contributed by atoms with Gasteiger partial charge in [0.1, 0.15) is 21.9 Å². The fraction of sp³-hybridized carbons (Fsp3) is 0.471. The predicted molar refractivity (Wildman–Crippen MR) is 97.1 cm³/mol. The van der Waals surface area contributed by atoms with Gasteiger partial charge in [-0.2, -0.15) is 4.90 Å². The quantitative estimate of drug-likeness (QED) is 0.542. The highest BCUT2D eigenvalue weighted by molar-refractivity contribution is 6.31. The summed E-state index contributed by atoms with van der Waals surface area (Å²) in [6, 6.07) is 1.23. The lowest BCUT2D eigenvalue weighted by Crippen LogP contribution is -2.44. The minimum absolute atomic E-state index is 0.00428. The van der Waals surface area contributed by atoms with E-state index in [2.05, 4.69) is 10.1 Å². The minimum atomic E-state index is -1.00. The Morgan fingerprint density at radius 1 is 1.07 bits per heavy atom. The standard InChI is InChI=1S/C17H20ClN3O6/c1-16(2,3)25-14(23)21(15(24)26-17(4,5)6)9-7-11(18)19-13-10(8-22)27-20-12(9)13/h7-8H,1-6H3. The fourth-order valence-corrected chi connectivity index (χ4v) is 2.22. The number of amides is 2. The number of anilines is 1. The van der Waals surface area contributed by atoms with E-state index < -0.39 is 23.4 Å². The third-order valence-corrected chi connectivity index (χ3v) is 3.10. The van der Waals surface area contributed by atoms with Gasteiger partial charge in [-0.3, -0.25) is 4.79 Å². The Morgan fingerprint density at radius 3 is 2.04 bits per heavy atom. The van der Waals surface area contributed by atoms with E-state index in [1.807, 2.05) is 0 Å². The normalized spacial score (nSPS) is 12.0. The van der Waals surface area contributed by atoms with E-state index in [4.69, 9.17) is 25.6 Å². The van der Waals surface area contributed by atoms with Gasteiger partial charge in [0.15, 0.2) is 11.8 Å². The third kappa shape index (κ3) is 4.94. The molecule has 0 N–H and O–H groups in total. The van der Waals surface area contributed by atoms with Crippen LogP contribution in [0.4, 0.5) is 15.3 Å². The molecule has 27 heavy (non-hydrogen) atoms. The first-order valence-electron chi connectivity index (χ1n) is 7.99. The number of pyridine rings is 1. The Hall–Kier alpha value is -2.68. The molecule has 0 spiro atoms. The second-order valence-corrected chi connectivity index (χ2v) is 8.01. The molecule has 2 heterocycles. The van der Waals surface area contributed by atoms with Crippen molar-refractivity contribution in [2.75, 3.05) is 4.90 Å². The van der Waals surface area contributed by atoms with E-state index in [9.17, 15) is 14.4 Å². The molecule has 2 rings (SSSR count). The Bertz CT molecular complexity index is 866. The van der Waals surface area contributed by atoms with Crippen molar-refractivity contribution in [1.29, 1.82) is 0 Å². The first kappa shape index (κ1) is 20.6. The smallest absolute Gasteiger partial charge is 0.424 e. The molecule has 0 aliphatic heterocycles. The van der Waals surface area contributed by atoms with Crippen molar-refractivity contribution >= 4 is 46.8 Å². The van der Waals surface area contributed by atoms with Gasteiger partial charge in [-0.15, -0.1) is 0 Å². The number of carbonyl (C=O) groups is 3. The molecule has 2 amide bonds. The zero-order chi connectivity index (χ0) is 20.6. The summed E-state index contributed by atoms with van der Waals surface area (Å²) < 4.78 is 15.5. The molecule has 0 unspecified atom stereocenters.